The molecule has 3 heteroatoms. The molecule has 0 fully saturated rings. The lowest BCUT2D eigenvalue weighted by molar-refractivity contribution is 0.655. The lowest BCUT2D eigenvalue weighted by atomic mass is 10.0. The number of rotatable bonds is 0. The summed E-state index contributed by atoms with van der Waals surface area (Å²) in [5.74, 6) is 0. The van der Waals surface area contributed by atoms with Gasteiger partial charge in [0.05, 0.1) is 6.17 Å². The third-order valence-electron chi connectivity index (χ3n) is 2.13. The van der Waals surface area contributed by atoms with Gasteiger partial charge in [-0.15, -0.1) is 0 Å². The molecule has 64 valence electrons. The SMILES string of the molecule is NC1CCc2cc(Br)ccc2N1. The van der Waals surface area contributed by atoms with Crippen LogP contribution in [-0.4, -0.2) is 6.17 Å². The van der Waals surface area contributed by atoms with Gasteiger partial charge in [0.25, 0.3) is 0 Å². The van der Waals surface area contributed by atoms with Gasteiger partial charge in [-0.3, -0.25) is 0 Å². The van der Waals surface area contributed by atoms with Crippen molar-refractivity contribution in [3.8, 4) is 0 Å². The van der Waals surface area contributed by atoms with Crippen molar-refractivity contribution >= 4 is 21.6 Å². The van der Waals surface area contributed by atoms with E-state index in [2.05, 4.69) is 33.4 Å². The highest BCUT2D eigenvalue weighted by Crippen LogP contribution is 2.26. The summed E-state index contributed by atoms with van der Waals surface area (Å²) in [7, 11) is 0. The number of fused-ring (bicyclic) bond motifs is 1. The van der Waals surface area contributed by atoms with E-state index in [1.54, 1.807) is 0 Å². The van der Waals surface area contributed by atoms with Crippen LogP contribution in [0, 0.1) is 0 Å². The van der Waals surface area contributed by atoms with Crippen molar-refractivity contribution in [3.63, 3.8) is 0 Å². The molecule has 0 aromatic heterocycles. The van der Waals surface area contributed by atoms with Crippen LogP contribution in [0.5, 0.6) is 0 Å². The number of benzene rings is 1. The molecule has 1 unspecified atom stereocenters. The minimum Gasteiger partial charge on any atom is -0.370 e. The van der Waals surface area contributed by atoms with Crippen LogP contribution in [0.2, 0.25) is 0 Å². The quantitative estimate of drug-likeness (QED) is 0.712. The normalized spacial score (nSPS) is 21.3. The summed E-state index contributed by atoms with van der Waals surface area (Å²) in [6.45, 7) is 0. The molecular formula is C9H11BrN2. The minimum atomic E-state index is 0.124. The lowest BCUT2D eigenvalue weighted by Gasteiger charge is -2.23. The fraction of sp³-hybridized carbons (Fsp3) is 0.333. The van der Waals surface area contributed by atoms with Crippen LogP contribution in [0.15, 0.2) is 22.7 Å². The molecule has 1 aliphatic rings. The molecule has 0 radical (unpaired) electrons. The number of hydrogen-bond donors (Lipinski definition) is 2. The Morgan fingerprint density at radius 1 is 1.50 bits per heavy atom. The molecule has 1 aromatic rings. The van der Waals surface area contributed by atoms with Crippen molar-refractivity contribution in [2.75, 3.05) is 5.32 Å². The van der Waals surface area contributed by atoms with Crippen molar-refractivity contribution in [2.45, 2.75) is 19.0 Å². The summed E-state index contributed by atoms with van der Waals surface area (Å²) in [6.07, 6.45) is 2.21. The van der Waals surface area contributed by atoms with Crippen LogP contribution in [0.4, 0.5) is 5.69 Å². The summed E-state index contributed by atoms with van der Waals surface area (Å²) in [6, 6.07) is 6.25. The summed E-state index contributed by atoms with van der Waals surface area (Å²) in [5.41, 5.74) is 8.30. The van der Waals surface area contributed by atoms with Crippen LogP contribution >= 0.6 is 15.9 Å². The number of aryl methyl sites for hydroxylation is 1. The van der Waals surface area contributed by atoms with E-state index in [-0.39, 0.29) is 6.17 Å². The largest absolute Gasteiger partial charge is 0.370 e. The maximum absolute atomic E-state index is 5.76. The van der Waals surface area contributed by atoms with Gasteiger partial charge in [-0.25, -0.2) is 0 Å². The third kappa shape index (κ3) is 1.47. The molecule has 1 aliphatic heterocycles. The van der Waals surface area contributed by atoms with Crippen molar-refractivity contribution in [1.29, 1.82) is 0 Å². The second-order valence-corrected chi connectivity index (χ2v) is 4.01. The molecule has 2 rings (SSSR count). The molecule has 0 aliphatic carbocycles. The Kier molecular flexibility index (Phi) is 2.07. The predicted octanol–water partition coefficient (Wildman–Crippen LogP) is 2.09. The number of hydrogen-bond acceptors (Lipinski definition) is 2. The highest BCUT2D eigenvalue weighted by atomic mass is 79.9. The van der Waals surface area contributed by atoms with Gasteiger partial charge in [0.1, 0.15) is 0 Å². The maximum atomic E-state index is 5.76. The zero-order valence-corrected chi connectivity index (χ0v) is 8.26. The first-order chi connectivity index (χ1) is 5.75. The molecule has 2 nitrogen and oxygen atoms in total. The first kappa shape index (κ1) is 8.08. The molecule has 0 saturated carbocycles. The Morgan fingerprint density at radius 2 is 2.33 bits per heavy atom. The van der Waals surface area contributed by atoms with Gasteiger partial charge in [-0.05, 0) is 36.6 Å². The number of halogens is 1. The standard InChI is InChI=1S/C9H11BrN2/c10-7-2-3-8-6(5-7)1-4-9(11)12-8/h2-3,5,9,12H,1,4,11H2. The minimum absolute atomic E-state index is 0.124. The smallest absolute Gasteiger partial charge is 0.0746 e. The van der Waals surface area contributed by atoms with E-state index in [0.29, 0.717) is 0 Å². The van der Waals surface area contributed by atoms with Gasteiger partial charge in [-0.1, -0.05) is 15.9 Å². The van der Waals surface area contributed by atoms with E-state index < -0.39 is 0 Å². The van der Waals surface area contributed by atoms with Gasteiger partial charge in [0.2, 0.25) is 0 Å². The summed E-state index contributed by atoms with van der Waals surface area (Å²) >= 11 is 3.45. The second kappa shape index (κ2) is 3.07. The van der Waals surface area contributed by atoms with Gasteiger partial charge < -0.3 is 11.1 Å². The topological polar surface area (TPSA) is 38.0 Å². The highest BCUT2D eigenvalue weighted by molar-refractivity contribution is 9.10. The molecule has 0 saturated heterocycles. The average molecular weight is 227 g/mol. The van der Waals surface area contributed by atoms with Crippen molar-refractivity contribution in [1.82, 2.24) is 0 Å². The van der Waals surface area contributed by atoms with Crippen LogP contribution < -0.4 is 11.1 Å². The zero-order chi connectivity index (χ0) is 8.55. The molecule has 1 aromatic carbocycles. The first-order valence-corrected chi connectivity index (χ1v) is 4.85. The molecule has 0 bridgehead atoms. The Bertz CT molecular complexity index is 299. The molecule has 1 atom stereocenters. The fourth-order valence-electron chi connectivity index (χ4n) is 1.49. The van der Waals surface area contributed by atoms with Crippen molar-refractivity contribution in [2.24, 2.45) is 5.73 Å². The maximum Gasteiger partial charge on any atom is 0.0746 e. The zero-order valence-electron chi connectivity index (χ0n) is 6.68. The third-order valence-corrected chi connectivity index (χ3v) is 2.63. The van der Waals surface area contributed by atoms with Gasteiger partial charge >= 0.3 is 0 Å². The first-order valence-electron chi connectivity index (χ1n) is 4.06. The second-order valence-electron chi connectivity index (χ2n) is 3.09. The van der Waals surface area contributed by atoms with E-state index >= 15 is 0 Å². The van der Waals surface area contributed by atoms with Crippen molar-refractivity contribution in [3.05, 3.63) is 28.2 Å². The van der Waals surface area contributed by atoms with Crippen molar-refractivity contribution < 1.29 is 0 Å². The molecule has 3 N–H and O–H groups in total. The average Bonchev–Trinajstić information content (AvgIpc) is 2.05. The Balaban J connectivity index is 2.37. The van der Waals surface area contributed by atoms with E-state index in [1.165, 1.54) is 11.3 Å². The van der Waals surface area contributed by atoms with E-state index in [0.717, 1.165) is 17.3 Å². The number of anilines is 1. The number of nitrogens with one attached hydrogen (secondary N) is 1. The summed E-state index contributed by atoms with van der Waals surface area (Å²) < 4.78 is 1.14. The monoisotopic (exact) mass is 226 g/mol. The summed E-state index contributed by atoms with van der Waals surface area (Å²) in [4.78, 5) is 0. The highest BCUT2D eigenvalue weighted by Gasteiger charge is 2.13. The van der Waals surface area contributed by atoms with Gasteiger partial charge in [-0.2, -0.15) is 0 Å². The summed E-state index contributed by atoms with van der Waals surface area (Å²) in [5, 5.41) is 3.24. The Morgan fingerprint density at radius 3 is 3.17 bits per heavy atom. The Labute approximate surface area is 80.3 Å². The molecule has 12 heavy (non-hydrogen) atoms. The van der Waals surface area contributed by atoms with E-state index in [9.17, 15) is 0 Å². The Hall–Kier alpha value is -0.540. The van der Waals surface area contributed by atoms with Crippen LogP contribution in [0.25, 0.3) is 0 Å². The van der Waals surface area contributed by atoms with E-state index in [4.69, 9.17) is 5.73 Å². The van der Waals surface area contributed by atoms with Crippen LogP contribution in [0.1, 0.15) is 12.0 Å². The predicted molar refractivity (Wildman–Crippen MR) is 54.1 cm³/mol. The molecular weight excluding hydrogens is 216 g/mol. The van der Waals surface area contributed by atoms with Gasteiger partial charge in [0.15, 0.2) is 0 Å². The van der Waals surface area contributed by atoms with Gasteiger partial charge in [0, 0.05) is 10.2 Å². The lowest BCUT2D eigenvalue weighted by Crippen LogP contribution is -2.33. The molecule has 0 spiro atoms. The molecule has 0 amide bonds. The van der Waals surface area contributed by atoms with Crippen LogP contribution in [0.3, 0.4) is 0 Å². The van der Waals surface area contributed by atoms with E-state index in [1.807, 2.05) is 6.07 Å². The number of nitrogens with two attached hydrogens (primary N) is 1. The van der Waals surface area contributed by atoms with Crippen LogP contribution in [-0.2, 0) is 6.42 Å². The fourth-order valence-corrected chi connectivity index (χ4v) is 1.90. The molecule has 1 heterocycles.